The molecule has 0 aliphatic rings. The molecule has 0 spiro atoms. The van der Waals surface area contributed by atoms with Gasteiger partial charge in [0.1, 0.15) is 0 Å². The van der Waals surface area contributed by atoms with Crippen LogP contribution in [0.25, 0.3) is 84.1 Å². The quantitative estimate of drug-likeness (QED) is 0.191. The number of hydrogen-bond donors (Lipinski definition) is 0. The molecule has 2 heterocycles. The van der Waals surface area contributed by atoms with Gasteiger partial charge in [0.05, 0.1) is 0 Å². The van der Waals surface area contributed by atoms with Gasteiger partial charge in [-0.05, 0) is 68.7 Å². The van der Waals surface area contributed by atoms with E-state index in [0.717, 1.165) is 0 Å². The molecule has 0 N–H and O–H groups in total. The lowest BCUT2D eigenvalue weighted by molar-refractivity contribution is 1.66. The van der Waals surface area contributed by atoms with Crippen molar-refractivity contribution in [2.75, 3.05) is 0 Å². The summed E-state index contributed by atoms with van der Waals surface area (Å²) in [6, 6.07) is 49.2. The van der Waals surface area contributed by atoms with E-state index < -0.39 is 0 Å². The molecule has 9 aromatic rings. The van der Waals surface area contributed by atoms with E-state index in [4.69, 9.17) is 0 Å². The van der Waals surface area contributed by atoms with Gasteiger partial charge in [0.25, 0.3) is 0 Å². The molecule has 0 saturated carbocycles. The molecule has 2 heteroatoms. The van der Waals surface area contributed by atoms with Crippen LogP contribution >= 0.6 is 22.7 Å². The number of fused-ring (bicyclic) bond motifs is 12. The summed E-state index contributed by atoms with van der Waals surface area (Å²) in [6.07, 6.45) is 0. The third-order valence-corrected chi connectivity index (χ3v) is 10.6. The highest BCUT2D eigenvalue weighted by molar-refractivity contribution is 7.27. The van der Waals surface area contributed by atoms with Gasteiger partial charge in [0, 0.05) is 45.7 Å². The van der Waals surface area contributed by atoms with E-state index in [-0.39, 0.29) is 0 Å². The lowest BCUT2D eigenvalue weighted by Gasteiger charge is -2.10. The van der Waals surface area contributed by atoms with Crippen LogP contribution in [0.1, 0.15) is 0 Å². The molecule has 7 aromatic carbocycles. The van der Waals surface area contributed by atoms with Gasteiger partial charge in [-0.2, -0.15) is 0 Å². The molecule has 0 nitrogen and oxygen atoms in total. The largest absolute Gasteiger partial charge is 0.135 e. The fourth-order valence-electron chi connectivity index (χ4n) is 6.43. The lowest BCUT2D eigenvalue weighted by Crippen LogP contribution is -1.83. The average Bonchev–Trinajstić information content (AvgIpc) is 3.60. The van der Waals surface area contributed by atoms with Gasteiger partial charge in [-0.15, -0.1) is 22.7 Å². The first-order valence-corrected chi connectivity index (χ1v) is 15.2. The Balaban J connectivity index is 1.46. The molecular formula is C38H22S2. The minimum Gasteiger partial charge on any atom is -0.135 e. The van der Waals surface area contributed by atoms with Crippen molar-refractivity contribution in [3.05, 3.63) is 133 Å². The maximum atomic E-state index is 2.40. The van der Waals surface area contributed by atoms with Gasteiger partial charge in [-0.3, -0.25) is 0 Å². The molecule has 186 valence electrons. The molecule has 0 aliphatic carbocycles. The van der Waals surface area contributed by atoms with Crippen LogP contribution in [0, 0.1) is 0 Å². The maximum absolute atomic E-state index is 2.40. The zero-order valence-corrected chi connectivity index (χ0v) is 23.2. The molecule has 0 radical (unpaired) electrons. The van der Waals surface area contributed by atoms with E-state index in [1.807, 2.05) is 22.7 Å². The highest BCUT2D eigenvalue weighted by Gasteiger charge is 2.19. The van der Waals surface area contributed by atoms with E-state index >= 15 is 0 Å². The molecule has 9 rings (SSSR count). The van der Waals surface area contributed by atoms with Crippen molar-refractivity contribution in [2.45, 2.75) is 0 Å². The summed E-state index contributed by atoms with van der Waals surface area (Å²) < 4.78 is 5.41. The first kappa shape index (κ1) is 22.3. The number of benzene rings is 7. The number of hydrogen-bond acceptors (Lipinski definition) is 2. The second-order valence-corrected chi connectivity index (χ2v) is 12.6. The van der Waals surface area contributed by atoms with Gasteiger partial charge in [-0.25, -0.2) is 0 Å². The minimum absolute atomic E-state index is 1.26. The second kappa shape index (κ2) is 8.50. The van der Waals surface area contributed by atoms with Crippen molar-refractivity contribution in [3.63, 3.8) is 0 Å². The predicted molar refractivity (Wildman–Crippen MR) is 178 cm³/mol. The summed E-state index contributed by atoms with van der Waals surface area (Å²) >= 11 is 3.83. The highest BCUT2D eigenvalue weighted by Crippen LogP contribution is 2.49. The summed E-state index contributed by atoms with van der Waals surface area (Å²) in [5, 5.41) is 10.9. The van der Waals surface area contributed by atoms with Crippen molar-refractivity contribution >= 4 is 84.6 Å². The Morgan fingerprint density at radius 1 is 0.300 bits per heavy atom. The molecule has 0 aliphatic heterocycles. The van der Waals surface area contributed by atoms with E-state index in [2.05, 4.69) is 133 Å². The smallest absolute Gasteiger partial charge is 0.0440 e. The van der Waals surface area contributed by atoms with Crippen molar-refractivity contribution in [1.29, 1.82) is 0 Å². The molecular weight excluding hydrogens is 521 g/mol. The van der Waals surface area contributed by atoms with Gasteiger partial charge in [0.15, 0.2) is 0 Å². The molecule has 0 amide bonds. The summed E-state index contributed by atoms with van der Waals surface area (Å²) in [7, 11) is 0. The fourth-order valence-corrected chi connectivity index (χ4v) is 8.76. The lowest BCUT2D eigenvalue weighted by atomic mass is 9.93. The average molecular weight is 543 g/mol. The molecule has 40 heavy (non-hydrogen) atoms. The molecule has 0 unspecified atom stereocenters. The zero-order chi connectivity index (χ0) is 26.2. The SMILES string of the molecule is c1ccc(-c2ccc3sc4c5ccccc5c5c(ccc6sc7ccc(-c8ccccc8)cc7c65)c4c3c2)cc1. The first-order valence-electron chi connectivity index (χ1n) is 13.6. The summed E-state index contributed by atoms with van der Waals surface area (Å²) in [5.41, 5.74) is 5.05. The van der Waals surface area contributed by atoms with Crippen molar-refractivity contribution in [1.82, 2.24) is 0 Å². The number of thiophene rings is 2. The van der Waals surface area contributed by atoms with Crippen LogP contribution in [0.15, 0.2) is 133 Å². The Morgan fingerprint density at radius 3 is 1.52 bits per heavy atom. The highest BCUT2D eigenvalue weighted by atomic mass is 32.1. The van der Waals surface area contributed by atoms with Crippen LogP contribution in [0.2, 0.25) is 0 Å². The Kier molecular flexibility index (Phi) is 4.74. The summed E-state index contributed by atoms with van der Waals surface area (Å²) in [4.78, 5) is 0. The third-order valence-electron chi connectivity index (χ3n) is 8.25. The minimum atomic E-state index is 1.26. The van der Waals surface area contributed by atoms with Crippen molar-refractivity contribution < 1.29 is 0 Å². The maximum Gasteiger partial charge on any atom is 0.0440 e. The Labute approximate surface area is 239 Å². The van der Waals surface area contributed by atoms with Crippen LogP contribution in [-0.2, 0) is 0 Å². The van der Waals surface area contributed by atoms with E-state index in [9.17, 15) is 0 Å². The van der Waals surface area contributed by atoms with Crippen LogP contribution in [0.4, 0.5) is 0 Å². The Bertz CT molecular complexity index is 2360. The Morgan fingerprint density at radius 2 is 0.850 bits per heavy atom. The monoisotopic (exact) mass is 542 g/mol. The third kappa shape index (κ3) is 3.18. The fraction of sp³-hybridized carbons (Fsp3) is 0. The van der Waals surface area contributed by atoms with Gasteiger partial charge >= 0.3 is 0 Å². The van der Waals surface area contributed by atoms with Gasteiger partial charge in [-0.1, -0.05) is 103 Å². The molecule has 0 fully saturated rings. The summed E-state index contributed by atoms with van der Waals surface area (Å²) in [5.74, 6) is 0. The molecule has 2 aromatic heterocycles. The molecule has 0 atom stereocenters. The van der Waals surface area contributed by atoms with E-state index in [1.165, 1.54) is 84.1 Å². The van der Waals surface area contributed by atoms with Crippen LogP contribution in [0.5, 0.6) is 0 Å². The second-order valence-electron chi connectivity index (χ2n) is 10.5. The molecule has 0 bridgehead atoms. The van der Waals surface area contributed by atoms with Crippen LogP contribution in [0.3, 0.4) is 0 Å². The normalized spacial score (nSPS) is 12.0. The van der Waals surface area contributed by atoms with Crippen molar-refractivity contribution in [3.8, 4) is 22.3 Å². The zero-order valence-electron chi connectivity index (χ0n) is 21.5. The molecule has 0 saturated heterocycles. The number of rotatable bonds is 2. The summed E-state index contributed by atoms with van der Waals surface area (Å²) in [6.45, 7) is 0. The topological polar surface area (TPSA) is 0 Å². The standard InChI is InChI=1S/C38H22S2/c1-3-9-23(10-4-1)25-16-19-33-30(21-25)36-29-17-20-34-37(35(29)27-13-7-8-14-28(27)38(36)40-33)31-22-26(15-18-32(31)39-34)24-11-5-2-6-12-24/h1-22H. The predicted octanol–water partition coefficient (Wildman–Crippen LogP) is 12.1. The van der Waals surface area contributed by atoms with Gasteiger partial charge < -0.3 is 0 Å². The van der Waals surface area contributed by atoms with E-state index in [0.29, 0.717) is 0 Å². The van der Waals surface area contributed by atoms with E-state index in [1.54, 1.807) is 0 Å². The van der Waals surface area contributed by atoms with Gasteiger partial charge in [0.2, 0.25) is 0 Å². The van der Waals surface area contributed by atoms with Crippen LogP contribution < -0.4 is 0 Å². The van der Waals surface area contributed by atoms with Crippen molar-refractivity contribution in [2.24, 2.45) is 0 Å². The first-order chi connectivity index (χ1) is 19.8. The van der Waals surface area contributed by atoms with Crippen LogP contribution in [-0.4, -0.2) is 0 Å². The Hall–Kier alpha value is -4.50.